The minimum Gasteiger partial charge on any atom is -0.486 e. The van der Waals surface area contributed by atoms with E-state index in [-0.39, 0.29) is 13.0 Å². The number of benzene rings is 2. The third kappa shape index (κ3) is 4.72. The maximum absolute atomic E-state index is 14.4. The Bertz CT molecular complexity index is 1430. The van der Waals surface area contributed by atoms with Crippen LogP contribution in [0.15, 0.2) is 42.6 Å². The fraction of sp³-hybridized carbons (Fsp3) is 0.357. The molecule has 9 heteroatoms. The minimum absolute atomic E-state index is 0.0507. The Morgan fingerprint density at radius 1 is 1.22 bits per heavy atom. The molecule has 1 aromatic heterocycles. The van der Waals surface area contributed by atoms with Crippen molar-refractivity contribution in [2.24, 2.45) is 0 Å². The normalized spacial score (nSPS) is 22.6. The molecule has 0 spiro atoms. The summed E-state index contributed by atoms with van der Waals surface area (Å²) in [6, 6.07) is 15.0. The van der Waals surface area contributed by atoms with Crippen LogP contribution in [0.25, 0.3) is 11.3 Å². The highest BCUT2D eigenvalue weighted by Gasteiger charge is 2.36. The lowest BCUT2D eigenvalue weighted by Crippen LogP contribution is -2.28. The number of alkyl halides is 1. The molecule has 0 radical (unpaired) electrons. The van der Waals surface area contributed by atoms with Crippen molar-refractivity contribution in [1.29, 1.82) is 10.5 Å². The Kier molecular flexibility index (Phi) is 6.51. The largest absolute Gasteiger partial charge is 0.486 e. The molecule has 0 saturated carbocycles. The van der Waals surface area contributed by atoms with E-state index in [0.717, 1.165) is 16.8 Å². The number of hydrogen-bond donors (Lipinski definition) is 2. The molecule has 37 heavy (non-hydrogen) atoms. The van der Waals surface area contributed by atoms with E-state index in [2.05, 4.69) is 22.4 Å². The van der Waals surface area contributed by atoms with Crippen molar-refractivity contribution in [3.63, 3.8) is 0 Å². The molecule has 2 N–H and O–H groups in total. The van der Waals surface area contributed by atoms with Crippen LogP contribution in [0.5, 0.6) is 5.75 Å². The van der Waals surface area contributed by atoms with Crippen LogP contribution in [0, 0.1) is 22.7 Å². The molecule has 2 aliphatic heterocycles. The molecular formula is C28H27FN6O2. The number of hydrogen-bond acceptors (Lipinski definition) is 8. The highest BCUT2D eigenvalue weighted by atomic mass is 19.1. The minimum atomic E-state index is -1.10. The smallest absolute Gasteiger partial charge is 0.151 e. The van der Waals surface area contributed by atoms with Crippen LogP contribution in [-0.2, 0) is 11.8 Å². The SMILES string of the molecule is CN1CC(F)C(Oc2ccc(C#N)cc2Cc2nccc(-c3cc(C#N)c4c(c3)[C@@](C)(CO)CN4)n2)C1. The van der Waals surface area contributed by atoms with Gasteiger partial charge >= 0.3 is 0 Å². The first-order chi connectivity index (χ1) is 17.8. The topological polar surface area (TPSA) is 118 Å². The predicted octanol–water partition coefficient (Wildman–Crippen LogP) is 3.18. The number of likely N-dealkylation sites (tertiary alicyclic amines) is 1. The molecule has 1 saturated heterocycles. The first kappa shape index (κ1) is 24.6. The molecule has 3 heterocycles. The van der Waals surface area contributed by atoms with E-state index in [4.69, 9.17) is 9.72 Å². The lowest BCUT2D eigenvalue weighted by molar-refractivity contribution is 0.138. The molecule has 0 aliphatic carbocycles. The quantitative estimate of drug-likeness (QED) is 0.532. The van der Waals surface area contributed by atoms with Crippen molar-refractivity contribution in [2.45, 2.75) is 31.0 Å². The molecule has 3 atom stereocenters. The van der Waals surface area contributed by atoms with Crippen LogP contribution < -0.4 is 10.1 Å². The highest BCUT2D eigenvalue weighted by Crippen LogP contribution is 2.41. The lowest BCUT2D eigenvalue weighted by Gasteiger charge is -2.21. The van der Waals surface area contributed by atoms with Gasteiger partial charge in [-0.25, -0.2) is 14.4 Å². The van der Waals surface area contributed by atoms with E-state index in [1.807, 2.05) is 24.9 Å². The average molecular weight is 499 g/mol. The Hall–Kier alpha value is -4.05. The second-order valence-electron chi connectivity index (χ2n) is 9.99. The Morgan fingerprint density at radius 2 is 2.05 bits per heavy atom. The fourth-order valence-corrected chi connectivity index (χ4v) is 4.97. The molecule has 0 amide bonds. The van der Waals surface area contributed by atoms with E-state index in [9.17, 15) is 20.0 Å². The third-order valence-electron chi connectivity index (χ3n) is 7.11. The highest BCUT2D eigenvalue weighted by molar-refractivity contribution is 5.76. The van der Waals surface area contributed by atoms with E-state index < -0.39 is 17.7 Å². The van der Waals surface area contributed by atoms with Gasteiger partial charge in [-0.1, -0.05) is 6.92 Å². The van der Waals surface area contributed by atoms with Crippen LogP contribution in [-0.4, -0.2) is 65.5 Å². The van der Waals surface area contributed by atoms with Gasteiger partial charge in [0, 0.05) is 48.8 Å². The molecular weight excluding hydrogens is 471 g/mol. The Morgan fingerprint density at radius 3 is 2.76 bits per heavy atom. The summed E-state index contributed by atoms with van der Waals surface area (Å²) >= 11 is 0. The van der Waals surface area contributed by atoms with Crippen molar-refractivity contribution in [3.8, 4) is 29.1 Å². The summed E-state index contributed by atoms with van der Waals surface area (Å²) in [7, 11) is 1.85. The van der Waals surface area contributed by atoms with Crippen LogP contribution in [0.4, 0.5) is 10.1 Å². The van der Waals surface area contributed by atoms with Gasteiger partial charge in [0.1, 0.15) is 23.7 Å². The first-order valence-corrected chi connectivity index (χ1v) is 12.1. The molecule has 2 unspecified atom stereocenters. The van der Waals surface area contributed by atoms with E-state index >= 15 is 0 Å². The Labute approximate surface area is 215 Å². The number of ether oxygens (including phenoxy) is 1. The standard InChI is InChI=1S/C28H27FN6O2/c1-28(16-36)15-33-27-20(12-31)8-18(9-21(27)28)23-5-6-32-26(34-23)10-19-7-17(11-30)3-4-24(19)37-25-14-35(2)13-22(25)29/h3-9,22,25,33,36H,10,13-16H2,1-2H3/t22?,25?,28-/m1/s1. The van der Waals surface area contributed by atoms with Crippen molar-refractivity contribution in [1.82, 2.24) is 14.9 Å². The number of anilines is 1. The summed E-state index contributed by atoms with van der Waals surface area (Å²) in [5.74, 6) is 1.00. The van der Waals surface area contributed by atoms with Gasteiger partial charge in [0.05, 0.1) is 35.2 Å². The van der Waals surface area contributed by atoms with Crippen molar-refractivity contribution in [2.75, 3.05) is 38.6 Å². The number of aromatic nitrogens is 2. The number of rotatable bonds is 6. The summed E-state index contributed by atoms with van der Waals surface area (Å²) in [5, 5.41) is 32.4. The average Bonchev–Trinajstić information content (AvgIpc) is 3.42. The zero-order chi connectivity index (χ0) is 26.2. The molecule has 8 nitrogen and oxygen atoms in total. The third-order valence-corrected chi connectivity index (χ3v) is 7.11. The van der Waals surface area contributed by atoms with E-state index in [1.54, 1.807) is 36.5 Å². The van der Waals surface area contributed by atoms with Crippen molar-refractivity contribution < 1.29 is 14.2 Å². The summed E-state index contributed by atoms with van der Waals surface area (Å²) < 4.78 is 20.5. The Balaban J connectivity index is 1.48. The summed E-state index contributed by atoms with van der Waals surface area (Å²) in [5.41, 5.74) is 4.16. The maximum atomic E-state index is 14.4. The molecule has 3 aromatic rings. The number of aliphatic hydroxyl groups excluding tert-OH is 1. The van der Waals surface area contributed by atoms with Crippen molar-refractivity contribution in [3.05, 3.63) is 70.7 Å². The predicted molar refractivity (Wildman–Crippen MR) is 136 cm³/mol. The number of nitrogens with one attached hydrogen (secondary N) is 1. The lowest BCUT2D eigenvalue weighted by atomic mass is 9.83. The molecule has 188 valence electrons. The summed E-state index contributed by atoms with van der Waals surface area (Å²) in [6.45, 7) is 3.24. The monoisotopic (exact) mass is 498 g/mol. The first-order valence-electron chi connectivity index (χ1n) is 12.1. The van der Waals surface area contributed by atoms with Gasteiger partial charge < -0.3 is 15.2 Å². The van der Waals surface area contributed by atoms with Gasteiger partial charge in [-0.2, -0.15) is 10.5 Å². The van der Waals surface area contributed by atoms with Gasteiger partial charge in [0.15, 0.2) is 6.17 Å². The van der Waals surface area contributed by atoms with Crippen LogP contribution in [0.3, 0.4) is 0 Å². The zero-order valence-corrected chi connectivity index (χ0v) is 20.7. The number of likely N-dealkylation sites (N-methyl/N-ethyl adjacent to an activating group) is 1. The summed E-state index contributed by atoms with van der Waals surface area (Å²) in [6.07, 6.45) is 0.249. The molecule has 2 aliphatic rings. The number of nitriles is 2. The summed E-state index contributed by atoms with van der Waals surface area (Å²) in [4.78, 5) is 11.1. The zero-order valence-electron chi connectivity index (χ0n) is 20.7. The molecule has 5 rings (SSSR count). The van der Waals surface area contributed by atoms with Crippen LogP contribution in [0.2, 0.25) is 0 Å². The van der Waals surface area contributed by atoms with Gasteiger partial charge in [-0.15, -0.1) is 0 Å². The second-order valence-corrected chi connectivity index (χ2v) is 9.99. The number of fused-ring (bicyclic) bond motifs is 1. The molecule has 2 aromatic carbocycles. The van der Waals surface area contributed by atoms with E-state index in [1.165, 1.54) is 0 Å². The van der Waals surface area contributed by atoms with Gasteiger partial charge in [-0.05, 0) is 49.0 Å². The molecule has 0 bridgehead atoms. The second kappa shape index (κ2) is 9.78. The molecule has 1 fully saturated rings. The number of halogens is 1. The van der Waals surface area contributed by atoms with Crippen molar-refractivity contribution >= 4 is 5.69 Å². The van der Waals surface area contributed by atoms with Gasteiger partial charge in [0.25, 0.3) is 0 Å². The van der Waals surface area contributed by atoms with Crippen LogP contribution in [0.1, 0.15) is 35.0 Å². The van der Waals surface area contributed by atoms with Gasteiger partial charge in [-0.3, -0.25) is 4.90 Å². The number of aliphatic hydroxyl groups is 1. The van der Waals surface area contributed by atoms with E-state index in [0.29, 0.717) is 53.6 Å². The number of nitrogens with zero attached hydrogens (tertiary/aromatic N) is 5. The maximum Gasteiger partial charge on any atom is 0.151 e. The van der Waals surface area contributed by atoms with Crippen LogP contribution >= 0.6 is 0 Å². The van der Waals surface area contributed by atoms with Gasteiger partial charge in [0.2, 0.25) is 0 Å². The fourth-order valence-electron chi connectivity index (χ4n) is 4.97.